The summed E-state index contributed by atoms with van der Waals surface area (Å²) in [6.07, 6.45) is 0.842. The van der Waals surface area contributed by atoms with Crippen molar-refractivity contribution in [3.05, 3.63) is 17.7 Å². The Labute approximate surface area is 108 Å². The Bertz CT molecular complexity index is 357. The molecule has 0 aromatic heterocycles. The van der Waals surface area contributed by atoms with E-state index in [0.29, 0.717) is 23.8 Å². The summed E-state index contributed by atoms with van der Waals surface area (Å²) in [7, 11) is 6.72. The number of benzene rings is 1. The molecule has 0 spiro atoms. The second-order valence-electron chi connectivity index (χ2n) is 3.88. The first kappa shape index (κ1) is 14.6. The zero-order valence-electron chi connectivity index (χ0n) is 11.4. The standard InChI is InChI=1S/C13H22N2O3/c1-15-10(5-6-14)9-7-11(16-2)13(18-4)12(8-9)17-3/h7-8,10,15H,5-6,14H2,1-4H3. The highest BCUT2D eigenvalue weighted by Crippen LogP contribution is 2.39. The minimum Gasteiger partial charge on any atom is -0.493 e. The number of hydrogen-bond donors (Lipinski definition) is 2. The second-order valence-corrected chi connectivity index (χ2v) is 3.88. The van der Waals surface area contributed by atoms with Gasteiger partial charge in [-0.2, -0.15) is 0 Å². The monoisotopic (exact) mass is 254 g/mol. The van der Waals surface area contributed by atoms with Gasteiger partial charge in [-0.15, -0.1) is 0 Å². The summed E-state index contributed by atoms with van der Waals surface area (Å²) in [5.74, 6) is 1.92. The van der Waals surface area contributed by atoms with Gasteiger partial charge in [0.15, 0.2) is 11.5 Å². The highest BCUT2D eigenvalue weighted by Gasteiger charge is 2.17. The number of hydrogen-bond acceptors (Lipinski definition) is 5. The third-order valence-corrected chi connectivity index (χ3v) is 2.89. The number of nitrogens with one attached hydrogen (secondary N) is 1. The molecule has 0 aliphatic carbocycles. The van der Waals surface area contributed by atoms with Crippen molar-refractivity contribution >= 4 is 0 Å². The predicted octanol–water partition coefficient (Wildman–Crippen LogP) is 1.32. The van der Waals surface area contributed by atoms with Crippen molar-refractivity contribution in [2.75, 3.05) is 34.9 Å². The normalized spacial score (nSPS) is 12.1. The first-order valence-corrected chi connectivity index (χ1v) is 5.89. The minimum absolute atomic E-state index is 0.170. The summed E-state index contributed by atoms with van der Waals surface area (Å²) in [4.78, 5) is 0. The molecule has 0 fully saturated rings. The predicted molar refractivity (Wildman–Crippen MR) is 71.6 cm³/mol. The summed E-state index contributed by atoms with van der Waals surface area (Å²) in [6.45, 7) is 0.613. The van der Waals surface area contributed by atoms with Crippen LogP contribution in [0.15, 0.2) is 12.1 Å². The fourth-order valence-corrected chi connectivity index (χ4v) is 1.95. The molecule has 1 aromatic carbocycles. The molecular weight excluding hydrogens is 232 g/mol. The largest absolute Gasteiger partial charge is 0.493 e. The van der Waals surface area contributed by atoms with E-state index in [1.165, 1.54) is 0 Å². The molecule has 3 N–H and O–H groups in total. The van der Waals surface area contributed by atoms with Crippen LogP contribution in [0.25, 0.3) is 0 Å². The molecule has 5 nitrogen and oxygen atoms in total. The Balaban J connectivity index is 3.21. The first-order valence-electron chi connectivity index (χ1n) is 5.89. The zero-order chi connectivity index (χ0) is 13.5. The van der Waals surface area contributed by atoms with Crippen molar-refractivity contribution in [1.29, 1.82) is 0 Å². The molecule has 0 saturated carbocycles. The van der Waals surface area contributed by atoms with E-state index in [2.05, 4.69) is 5.32 Å². The molecule has 0 radical (unpaired) electrons. The summed E-state index contributed by atoms with van der Waals surface area (Å²) in [5, 5.41) is 3.23. The van der Waals surface area contributed by atoms with E-state index in [-0.39, 0.29) is 6.04 Å². The number of rotatable bonds is 7. The molecule has 1 atom stereocenters. The van der Waals surface area contributed by atoms with Gasteiger partial charge in [0.1, 0.15) is 0 Å². The fraction of sp³-hybridized carbons (Fsp3) is 0.538. The molecule has 0 aliphatic heterocycles. The van der Waals surface area contributed by atoms with Crippen LogP contribution in [0.5, 0.6) is 17.2 Å². The van der Waals surface area contributed by atoms with Gasteiger partial charge in [-0.3, -0.25) is 0 Å². The fourth-order valence-electron chi connectivity index (χ4n) is 1.95. The quantitative estimate of drug-likeness (QED) is 0.768. The minimum atomic E-state index is 0.170. The maximum absolute atomic E-state index is 5.61. The molecule has 0 aliphatic rings. The molecule has 1 rings (SSSR count). The molecule has 0 bridgehead atoms. The number of methoxy groups -OCH3 is 3. The Morgan fingerprint density at radius 3 is 2.00 bits per heavy atom. The maximum atomic E-state index is 5.61. The van der Waals surface area contributed by atoms with Crippen molar-refractivity contribution in [1.82, 2.24) is 5.32 Å². The SMILES string of the molecule is CNC(CCN)c1cc(OC)c(OC)c(OC)c1. The smallest absolute Gasteiger partial charge is 0.203 e. The lowest BCUT2D eigenvalue weighted by atomic mass is 10.0. The summed E-state index contributed by atoms with van der Waals surface area (Å²) in [5.41, 5.74) is 6.68. The molecular formula is C13H22N2O3. The number of nitrogens with two attached hydrogens (primary N) is 1. The third kappa shape index (κ3) is 3.05. The number of ether oxygens (including phenoxy) is 3. The molecule has 18 heavy (non-hydrogen) atoms. The van der Waals surface area contributed by atoms with Crippen molar-refractivity contribution < 1.29 is 14.2 Å². The van der Waals surface area contributed by atoms with Crippen LogP contribution in [-0.4, -0.2) is 34.9 Å². The molecule has 5 heteroatoms. The first-order chi connectivity index (χ1) is 8.71. The lowest BCUT2D eigenvalue weighted by Crippen LogP contribution is -2.20. The highest BCUT2D eigenvalue weighted by atomic mass is 16.5. The Kier molecular flexibility index (Phi) is 5.74. The van der Waals surface area contributed by atoms with E-state index < -0.39 is 0 Å². The third-order valence-electron chi connectivity index (χ3n) is 2.89. The van der Waals surface area contributed by atoms with Crippen LogP contribution in [0.1, 0.15) is 18.0 Å². The summed E-state index contributed by atoms with van der Waals surface area (Å²) >= 11 is 0. The molecule has 1 unspecified atom stereocenters. The second kappa shape index (κ2) is 7.08. The average Bonchev–Trinajstić information content (AvgIpc) is 2.42. The van der Waals surface area contributed by atoms with Gasteiger partial charge in [0.2, 0.25) is 5.75 Å². The van der Waals surface area contributed by atoms with Crippen LogP contribution < -0.4 is 25.3 Å². The molecule has 0 amide bonds. The molecule has 1 aromatic rings. The van der Waals surface area contributed by atoms with Crippen LogP contribution in [-0.2, 0) is 0 Å². The topological polar surface area (TPSA) is 65.7 Å². The molecule has 0 saturated heterocycles. The van der Waals surface area contributed by atoms with E-state index >= 15 is 0 Å². The Morgan fingerprint density at radius 2 is 1.67 bits per heavy atom. The van der Waals surface area contributed by atoms with Crippen molar-refractivity contribution in [2.24, 2.45) is 5.73 Å². The van der Waals surface area contributed by atoms with Gasteiger partial charge in [0, 0.05) is 6.04 Å². The van der Waals surface area contributed by atoms with E-state index in [4.69, 9.17) is 19.9 Å². The van der Waals surface area contributed by atoms with Crippen molar-refractivity contribution in [3.8, 4) is 17.2 Å². The van der Waals surface area contributed by atoms with Crippen LogP contribution >= 0.6 is 0 Å². The van der Waals surface area contributed by atoms with Gasteiger partial charge in [0.25, 0.3) is 0 Å². The highest BCUT2D eigenvalue weighted by molar-refractivity contribution is 5.54. The van der Waals surface area contributed by atoms with Crippen LogP contribution in [0.2, 0.25) is 0 Å². The summed E-state index contributed by atoms with van der Waals surface area (Å²) in [6, 6.07) is 4.06. The van der Waals surface area contributed by atoms with Gasteiger partial charge < -0.3 is 25.3 Å². The van der Waals surface area contributed by atoms with Gasteiger partial charge in [-0.05, 0) is 37.7 Å². The maximum Gasteiger partial charge on any atom is 0.203 e. The van der Waals surface area contributed by atoms with E-state index in [1.54, 1.807) is 21.3 Å². The lowest BCUT2D eigenvalue weighted by Gasteiger charge is -2.19. The van der Waals surface area contributed by atoms with Crippen LogP contribution in [0.4, 0.5) is 0 Å². The summed E-state index contributed by atoms with van der Waals surface area (Å²) < 4.78 is 15.9. The van der Waals surface area contributed by atoms with E-state index in [0.717, 1.165) is 12.0 Å². The van der Waals surface area contributed by atoms with Gasteiger partial charge >= 0.3 is 0 Å². The van der Waals surface area contributed by atoms with Crippen molar-refractivity contribution in [2.45, 2.75) is 12.5 Å². The van der Waals surface area contributed by atoms with E-state index in [9.17, 15) is 0 Å². The Morgan fingerprint density at radius 1 is 1.11 bits per heavy atom. The van der Waals surface area contributed by atoms with Crippen LogP contribution in [0.3, 0.4) is 0 Å². The Hall–Kier alpha value is -1.46. The zero-order valence-corrected chi connectivity index (χ0v) is 11.4. The molecule has 102 valence electrons. The van der Waals surface area contributed by atoms with E-state index in [1.807, 2.05) is 19.2 Å². The van der Waals surface area contributed by atoms with Gasteiger partial charge in [0.05, 0.1) is 21.3 Å². The van der Waals surface area contributed by atoms with Crippen LogP contribution in [0, 0.1) is 0 Å². The van der Waals surface area contributed by atoms with Gasteiger partial charge in [-0.1, -0.05) is 0 Å². The van der Waals surface area contributed by atoms with Gasteiger partial charge in [-0.25, -0.2) is 0 Å². The average molecular weight is 254 g/mol. The van der Waals surface area contributed by atoms with Crippen molar-refractivity contribution in [3.63, 3.8) is 0 Å². The lowest BCUT2D eigenvalue weighted by molar-refractivity contribution is 0.323. The molecule has 0 heterocycles.